The molecule has 0 saturated heterocycles. The lowest BCUT2D eigenvalue weighted by Gasteiger charge is -2.25. The quantitative estimate of drug-likeness (QED) is 0.327. The fourth-order valence-corrected chi connectivity index (χ4v) is 2.77. The number of carbonyl (C=O) groups is 2. The first-order valence-electron chi connectivity index (χ1n) is 7.74. The normalized spacial score (nSPS) is 12.7. The Morgan fingerprint density at radius 3 is 2.24 bits per heavy atom. The van der Waals surface area contributed by atoms with E-state index in [-0.39, 0.29) is 16.9 Å². The van der Waals surface area contributed by atoms with Gasteiger partial charge in [-0.15, -0.1) is 6.58 Å². The molecular weight excluding hydrogens is 319 g/mol. The van der Waals surface area contributed by atoms with Gasteiger partial charge in [0.05, 0.1) is 13.0 Å². The first kappa shape index (κ1) is 18.3. The van der Waals surface area contributed by atoms with Crippen molar-refractivity contribution in [2.24, 2.45) is 5.92 Å². The van der Waals surface area contributed by atoms with E-state index < -0.39 is 23.6 Å². The summed E-state index contributed by atoms with van der Waals surface area (Å²) in [5.41, 5.74) is 0.653. The zero-order chi connectivity index (χ0) is 18.4. The lowest BCUT2D eigenvalue weighted by atomic mass is 9.77. The van der Waals surface area contributed by atoms with E-state index in [2.05, 4.69) is 13.2 Å². The topological polar surface area (TPSA) is 43.4 Å². The van der Waals surface area contributed by atoms with Crippen molar-refractivity contribution >= 4 is 11.8 Å². The number of halogens is 1. The van der Waals surface area contributed by atoms with Gasteiger partial charge in [-0.25, -0.2) is 9.18 Å². The zero-order valence-corrected chi connectivity index (χ0v) is 13.9. The lowest BCUT2D eigenvalue weighted by molar-refractivity contribution is -0.136. The van der Waals surface area contributed by atoms with E-state index >= 15 is 0 Å². The van der Waals surface area contributed by atoms with Gasteiger partial charge in [0.25, 0.3) is 0 Å². The Bertz CT molecular complexity index is 796. The molecule has 0 spiro atoms. The minimum Gasteiger partial charge on any atom is -0.466 e. The third-order valence-corrected chi connectivity index (χ3v) is 4.04. The van der Waals surface area contributed by atoms with Crippen LogP contribution in [0.2, 0.25) is 0 Å². The molecule has 0 heterocycles. The third-order valence-electron chi connectivity index (χ3n) is 4.04. The van der Waals surface area contributed by atoms with Crippen LogP contribution in [-0.4, -0.2) is 18.9 Å². The summed E-state index contributed by atoms with van der Waals surface area (Å²) in [4.78, 5) is 25.0. The molecule has 0 N–H and O–H groups in total. The van der Waals surface area contributed by atoms with Crippen LogP contribution < -0.4 is 0 Å². The van der Waals surface area contributed by atoms with E-state index in [9.17, 15) is 14.0 Å². The monoisotopic (exact) mass is 338 g/mol. The van der Waals surface area contributed by atoms with Crippen molar-refractivity contribution in [2.75, 3.05) is 7.11 Å². The van der Waals surface area contributed by atoms with E-state index in [0.29, 0.717) is 5.56 Å². The maximum Gasteiger partial charge on any atom is 0.333 e. The first-order valence-corrected chi connectivity index (χ1v) is 7.74. The first-order chi connectivity index (χ1) is 12.0. The van der Waals surface area contributed by atoms with Gasteiger partial charge in [0, 0.05) is 17.1 Å². The lowest BCUT2D eigenvalue weighted by Crippen LogP contribution is -2.26. The average molecular weight is 338 g/mol. The van der Waals surface area contributed by atoms with Crippen LogP contribution in [0.5, 0.6) is 0 Å². The SMILES string of the molecule is C=C[C@H](C(=O)c1ccccc1)[C@@H](C(=C)C(=O)OC)c1ccccc1F. The van der Waals surface area contributed by atoms with Crippen LogP contribution in [0.4, 0.5) is 4.39 Å². The summed E-state index contributed by atoms with van der Waals surface area (Å²) in [7, 11) is 1.22. The van der Waals surface area contributed by atoms with Crippen LogP contribution in [0.25, 0.3) is 0 Å². The number of ketones is 1. The van der Waals surface area contributed by atoms with Crippen molar-refractivity contribution in [2.45, 2.75) is 5.92 Å². The Morgan fingerprint density at radius 2 is 1.68 bits per heavy atom. The molecule has 0 aliphatic rings. The molecule has 0 radical (unpaired) electrons. The highest BCUT2D eigenvalue weighted by Crippen LogP contribution is 2.36. The Kier molecular flexibility index (Phi) is 6.01. The molecule has 0 aliphatic carbocycles. The summed E-state index contributed by atoms with van der Waals surface area (Å²) in [6, 6.07) is 14.6. The molecule has 0 bridgehead atoms. The van der Waals surface area contributed by atoms with Crippen molar-refractivity contribution < 1.29 is 18.7 Å². The minimum absolute atomic E-state index is 0.00165. The van der Waals surface area contributed by atoms with Gasteiger partial charge in [-0.3, -0.25) is 4.79 Å². The molecule has 0 aromatic heterocycles. The van der Waals surface area contributed by atoms with Gasteiger partial charge >= 0.3 is 5.97 Å². The Labute approximate surface area is 146 Å². The predicted octanol–water partition coefficient (Wildman–Crippen LogP) is 4.32. The molecule has 0 aliphatic heterocycles. The summed E-state index contributed by atoms with van der Waals surface area (Å²) in [6.45, 7) is 7.46. The van der Waals surface area contributed by atoms with Gasteiger partial charge in [0.15, 0.2) is 5.78 Å². The minimum atomic E-state index is -0.904. The Balaban J connectivity index is 2.55. The maximum atomic E-state index is 14.4. The molecule has 0 saturated carbocycles. The van der Waals surface area contributed by atoms with Crippen LogP contribution in [0.3, 0.4) is 0 Å². The van der Waals surface area contributed by atoms with Gasteiger partial charge in [0.1, 0.15) is 5.82 Å². The molecule has 0 fully saturated rings. The number of ether oxygens (including phenoxy) is 1. The second-order valence-electron chi connectivity index (χ2n) is 5.51. The van der Waals surface area contributed by atoms with Crippen LogP contribution in [-0.2, 0) is 9.53 Å². The number of allylic oxidation sites excluding steroid dienone is 1. The van der Waals surface area contributed by atoms with Crippen LogP contribution in [0.15, 0.2) is 79.4 Å². The fourth-order valence-electron chi connectivity index (χ4n) is 2.77. The Morgan fingerprint density at radius 1 is 1.08 bits per heavy atom. The van der Waals surface area contributed by atoms with Crippen LogP contribution in [0, 0.1) is 11.7 Å². The number of benzene rings is 2. The number of hydrogen-bond acceptors (Lipinski definition) is 3. The number of esters is 1. The van der Waals surface area contributed by atoms with Gasteiger partial charge in [-0.2, -0.15) is 0 Å². The van der Waals surface area contributed by atoms with E-state index in [4.69, 9.17) is 4.74 Å². The smallest absolute Gasteiger partial charge is 0.333 e. The number of Topliss-reactive ketones (excluding diaryl/α,β-unsaturated/α-hetero) is 1. The van der Waals surface area contributed by atoms with E-state index in [0.717, 1.165) is 0 Å². The average Bonchev–Trinajstić information content (AvgIpc) is 2.66. The summed E-state index contributed by atoms with van der Waals surface area (Å²) in [6.07, 6.45) is 1.42. The fraction of sp³-hybridized carbons (Fsp3) is 0.143. The highest BCUT2D eigenvalue weighted by Gasteiger charge is 2.34. The Hall–Kier alpha value is -3.01. The van der Waals surface area contributed by atoms with Gasteiger partial charge in [0.2, 0.25) is 0 Å². The summed E-state index contributed by atoms with van der Waals surface area (Å²) in [5, 5.41) is 0. The number of carbonyl (C=O) groups excluding carboxylic acids is 2. The summed E-state index contributed by atoms with van der Waals surface area (Å²) in [5.74, 6) is -3.25. The van der Waals surface area contributed by atoms with Gasteiger partial charge < -0.3 is 4.74 Å². The molecule has 2 rings (SSSR count). The summed E-state index contributed by atoms with van der Waals surface area (Å²) >= 11 is 0. The zero-order valence-electron chi connectivity index (χ0n) is 13.9. The molecule has 128 valence electrons. The summed E-state index contributed by atoms with van der Waals surface area (Å²) < 4.78 is 19.1. The van der Waals surface area contributed by atoms with Crippen molar-refractivity contribution in [1.82, 2.24) is 0 Å². The largest absolute Gasteiger partial charge is 0.466 e. The molecule has 3 nitrogen and oxygen atoms in total. The van der Waals surface area contributed by atoms with Crippen molar-refractivity contribution in [3.8, 4) is 0 Å². The van der Waals surface area contributed by atoms with Crippen molar-refractivity contribution in [3.63, 3.8) is 0 Å². The van der Waals surface area contributed by atoms with E-state index in [1.54, 1.807) is 42.5 Å². The standard InChI is InChI=1S/C21H19FO3/c1-4-16(20(23)15-10-6-5-7-11-15)19(14(2)21(24)25-3)17-12-8-9-13-18(17)22/h4-13,16,19H,1-2H2,3H3/t16-,19+/m0/s1. The second kappa shape index (κ2) is 8.20. The molecule has 2 atom stereocenters. The van der Waals surface area contributed by atoms with Crippen LogP contribution >= 0.6 is 0 Å². The van der Waals surface area contributed by atoms with Crippen molar-refractivity contribution in [3.05, 3.63) is 96.3 Å². The molecule has 0 amide bonds. The maximum absolute atomic E-state index is 14.4. The molecule has 2 aromatic carbocycles. The molecule has 4 heteroatoms. The van der Waals surface area contributed by atoms with Crippen molar-refractivity contribution in [1.29, 1.82) is 0 Å². The number of methoxy groups -OCH3 is 1. The second-order valence-corrected chi connectivity index (χ2v) is 5.51. The van der Waals surface area contributed by atoms with Gasteiger partial charge in [-0.1, -0.05) is 61.2 Å². The highest BCUT2D eigenvalue weighted by molar-refractivity contribution is 6.01. The predicted molar refractivity (Wildman–Crippen MR) is 94.8 cm³/mol. The molecular formula is C21H19FO3. The van der Waals surface area contributed by atoms with Crippen LogP contribution in [0.1, 0.15) is 21.8 Å². The molecule has 25 heavy (non-hydrogen) atoms. The number of rotatable bonds is 7. The molecule has 2 aromatic rings. The van der Waals surface area contributed by atoms with Gasteiger partial charge in [-0.05, 0) is 11.6 Å². The highest BCUT2D eigenvalue weighted by atomic mass is 19.1. The van der Waals surface area contributed by atoms with E-state index in [1.807, 2.05) is 0 Å². The number of hydrogen-bond donors (Lipinski definition) is 0. The van der Waals surface area contributed by atoms with E-state index in [1.165, 1.54) is 25.3 Å². The molecule has 0 unspecified atom stereocenters. The third kappa shape index (κ3) is 3.91.